The molecule has 0 aromatic rings. The molecule has 1 rings (SSSR count). The second-order valence-electron chi connectivity index (χ2n) is 3.81. The van der Waals surface area contributed by atoms with Crippen molar-refractivity contribution in [3.63, 3.8) is 0 Å². The molecule has 0 bridgehead atoms. The summed E-state index contributed by atoms with van der Waals surface area (Å²) in [5.41, 5.74) is 0. The van der Waals surface area contributed by atoms with E-state index in [0.29, 0.717) is 6.42 Å². The molecule has 1 heterocycles. The first-order valence-corrected chi connectivity index (χ1v) is 5.31. The van der Waals surface area contributed by atoms with Crippen molar-refractivity contribution in [3.05, 3.63) is 24.3 Å². The lowest BCUT2D eigenvalue weighted by molar-refractivity contribution is -0.149. The summed E-state index contributed by atoms with van der Waals surface area (Å²) in [6.07, 6.45) is 5.72. The molecule has 16 heavy (non-hydrogen) atoms. The van der Waals surface area contributed by atoms with Crippen LogP contribution in [0.25, 0.3) is 0 Å². The van der Waals surface area contributed by atoms with Gasteiger partial charge < -0.3 is 9.84 Å². The Morgan fingerprint density at radius 2 is 2.12 bits per heavy atom. The van der Waals surface area contributed by atoms with Crippen LogP contribution >= 0.6 is 0 Å². The zero-order chi connectivity index (χ0) is 12.0. The second kappa shape index (κ2) is 6.23. The van der Waals surface area contributed by atoms with E-state index >= 15 is 0 Å². The molecule has 0 unspecified atom stereocenters. The van der Waals surface area contributed by atoms with Gasteiger partial charge >= 0.3 is 5.97 Å². The van der Waals surface area contributed by atoms with E-state index in [9.17, 15) is 14.7 Å². The molecule has 0 amide bonds. The number of carbonyl (C=O) groups excluding carboxylic acids is 2. The van der Waals surface area contributed by atoms with Crippen molar-refractivity contribution in [1.82, 2.24) is 0 Å². The van der Waals surface area contributed by atoms with Gasteiger partial charge in [-0.1, -0.05) is 18.2 Å². The maximum atomic E-state index is 11.3. The number of aliphatic hydroxyl groups excluding tert-OH is 1. The topological polar surface area (TPSA) is 63.6 Å². The van der Waals surface area contributed by atoms with Crippen molar-refractivity contribution >= 4 is 11.8 Å². The minimum Gasteiger partial charge on any atom is -0.462 e. The van der Waals surface area contributed by atoms with Gasteiger partial charge in [0.05, 0.1) is 12.5 Å². The smallest absolute Gasteiger partial charge is 0.309 e. The lowest BCUT2D eigenvalue weighted by Crippen LogP contribution is -2.19. The van der Waals surface area contributed by atoms with E-state index in [1.54, 1.807) is 19.1 Å². The van der Waals surface area contributed by atoms with Crippen molar-refractivity contribution in [2.24, 2.45) is 0 Å². The Bertz CT molecular complexity index is 317. The molecule has 2 atom stereocenters. The Morgan fingerprint density at radius 3 is 2.88 bits per heavy atom. The summed E-state index contributed by atoms with van der Waals surface area (Å²) in [5, 5.41) is 9.42. The number of cyclic esters (lactones) is 1. The fourth-order valence-corrected chi connectivity index (χ4v) is 1.36. The van der Waals surface area contributed by atoms with E-state index in [1.807, 2.05) is 0 Å². The van der Waals surface area contributed by atoms with Gasteiger partial charge in [0.15, 0.2) is 5.78 Å². The first-order valence-electron chi connectivity index (χ1n) is 5.31. The fraction of sp³-hybridized carbons (Fsp3) is 0.500. The van der Waals surface area contributed by atoms with E-state index in [1.165, 1.54) is 12.2 Å². The van der Waals surface area contributed by atoms with E-state index < -0.39 is 12.1 Å². The molecule has 0 aromatic carbocycles. The fourth-order valence-electron chi connectivity index (χ4n) is 1.36. The van der Waals surface area contributed by atoms with Gasteiger partial charge in [-0.3, -0.25) is 9.59 Å². The number of ether oxygens (including phenoxy) is 1. The van der Waals surface area contributed by atoms with Crippen LogP contribution in [0.1, 0.15) is 26.2 Å². The highest BCUT2D eigenvalue weighted by Gasteiger charge is 2.13. The average molecular weight is 224 g/mol. The van der Waals surface area contributed by atoms with Crippen LogP contribution in [0.4, 0.5) is 0 Å². The first-order chi connectivity index (χ1) is 7.58. The molecule has 0 fully saturated rings. The van der Waals surface area contributed by atoms with Gasteiger partial charge in [-0.05, 0) is 13.0 Å². The SMILES string of the molecule is C[C@@H]1C/C=C/C(=O)CC=C[C@@H](O)CC(=O)O1. The summed E-state index contributed by atoms with van der Waals surface area (Å²) in [6.45, 7) is 1.75. The molecule has 0 saturated carbocycles. The first kappa shape index (κ1) is 12.6. The highest BCUT2D eigenvalue weighted by atomic mass is 16.5. The molecule has 0 radical (unpaired) electrons. The van der Waals surface area contributed by atoms with Gasteiger partial charge in [0.25, 0.3) is 0 Å². The number of carbonyl (C=O) groups is 2. The number of ketones is 1. The molecular weight excluding hydrogens is 208 g/mol. The largest absolute Gasteiger partial charge is 0.462 e. The van der Waals surface area contributed by atoms with E-state index in [-0.39, 0.29) is 24.7 Å². The van der Waals surface area contributed by atoms with E-state index in [2.05, 4.69) is 0 Å². The Balaban J connectivity index is 2.67. The monoisotopic (exact) mass is 224 g/mol. The number of rotatable bonds is 0. The molecule has 0 spiro atoms. The molecule has 1 aliphatic rings. The van der Waals surface area contributed by atoms with Gasteiger partial charge in [-0.25, -0.2) is 0 Å². The van der Waals surface area contributed by atoms with Crippen LogP contribution in [0, 0.1) is 0 Å². The lowest BCUT2D eigenvalue weighted by Gasteiger charge is -2.12. The van der Waals surface area contributed by atoms with Crippen molar-refractivity contribution in [2.45, 2.75) is 38.4 Å². The zero-order valence-electron chi connectivity index (χ0n) is 9.26. The summed E-state index contributed by atoms with van der Waals surface area (Å²) in [4.78, 5) is 22.5. The number of esters is 1. The third-order valence-corrected chi connectivity index (χ3v) is 2.16. The molecule has 0 aliphatic carbocycles. The predicted molar refractivity (Wildman–Crippen MR) is 58.7 cm³/mol. The number of hydrogen-bond donors (Lipinski definition) is 1. The van der Waals surface area contributed by atoms with Crippen LogP contribution in [-0.2, 0) is 14.3 Å². The van der Waals surface area contributed by atoms with E-state index in [0.717, 1.165) is 0 Å². The van der Waals surface area contributed by atoms with Gasteiger partial charge in [-0.15, -0.1) is 0 Å². The molecule has 0 saturated heterocycles. The second-order valence-corrected chi connectivity index (χ2v) is 3.81. The van der Waals surface area contributed by atoms with Crippen LogP contribution in [-0.4, -0.2) is 29.1 Å². The quantitative estimate of drug-likeness (QED) is 0.495. The van der Waals surface area contributed by atoms with Crippen molar-refractivity contribution < 1.29 is 19.4 Å². The Labute approximate surface area is 94.6 Å². The van der Waals surface area contributed by atoms with Crippen LogP contribution < -0.4 is 0 Å². The molecule has 4 heteroatoms. The Kier molecular flexibility index (Phi) is 4.92. The van der Waals surface area contributed by atoms with Crippen molar-refractivity contribution in [3.8, 4) is 0 Å². The van der Waals surface area contributed by atoms with Crippen molar-refractivity contribution in [1.29, 1.82) is 0 Å². The standard InChI is InChI=1S/C12H16O4/c1-9-4-2-5-10(13)6-3-7-11(14)8-12(15)16-9/h2-3,5,7,9,11,14H,4,6,8H2,1H3/b5-2+,7-3?/t9-,11-/m1/s1. The predicted octanol–water partition coefficient (Wildman–Crippen LogP) is 1.14. The maximum absolute atomic E-state index is 11.3. The van der Waals surface area contributed by atoms with Crippen molar-refractivity contribution in [2.75, 3.05) is 0 Å². The molecule has 1 N–H and O–H groups in total. The minimum absolute atomic E-state index is 0.0254. The average Bonchev–Trinajstić information content (AvgIpc) is 2.15. The Hall–Kier alpha value is -1.42. The van der Waals surface area contributed by atoms with Gasteiger partial charge in [0.1, 0.15) is 6.10 Å². The summed E-state index contributed by atoms with van der Waals surface area (Å²) in [6, 6.07) is 0. The molecule has 0 aromatic heterocycles. The van der Waals surface area contributed by atoms with Crippen LogP contribution in [0.15, 0.2) is 24.3 Å². The Morgan fingerprint density at radius 1 is 1.38 bits per heavy atom. The highest BCUT2D eigenvalue weighted by Crippen LogP contribution is 2.06. The number of hydrogen-bond acceptors (Lipinski definition) is 4. The molecule has 1 aliphatic heterocycles. The van der Waals surface area contributed by atoms with Gasteiger partial charge in [0.2, 0.25) is 0 Å². The number of aliphatic hydroxyl groups is 1. The van der Waals surface area contributed by atoms with Crippen LogP contribution in [0.2, 0.25) is 0 Å². The molecule has 88 valence electrons. The van der Waals surface area contributed by atoms with Crippen LogP contribution in [0.3, 0.4) is 0 Å². The van der Waals surface area contributed by atoms with Crippen LogP contribution in [0.5, 0.6) is 0 Å². The van der Waals surface area contributed by atoms with Gasteiger partial charge in [0, 0.05) is 12.8 Å². The third-order valence-electron chi connectivity index (χ3n) is 2.16. The third kappa shape index (κ3) is 4.89. The maximum Gasteiger partial charge on any atom is 0.309 e. The zero-order valence-corrected chi connectivity index (χ0v) is 9.26. The molecular formula is C12H16O4. The van der Waals surface area contributed by atoms with E-state index in [4.69, 9.17) is 4.74 Å². The normalized spacial score (nSPS) is 30.1. The molecule has 4 nitrogen and oxygen atoms in total. The highest BCUT2D eigenvalue weighted by molar-refractivity contribution is 5.90. The minimum atomic E-state index is -0.879. The summed E-state index contributed by atoms with van der Waals surface area (Å²) in [5.74, 6) is -0.451. The lowest BCUT2D eigenvalue weighted by atomic mass is 10.1. The summed E-state index contributed by atoms with van der Waals surface area (Å²) < 4.78 is 5.03. The number of allylic oxidation sites excluding steroid dienone is 2. The van der Waals surface area contributed by atoms with Gasteiger partial charge in [-0.2, -0.15) is 0 Å². The summed E-state index contributed by atoms with van der Waals surface area (Å²) >= 11 is 0. The summed E-state index contributed by atoms with van der Waals surface area (Å²) in [7, 11) is 0.